The van der Waals surface area contributed by atoms with Crippen molar-refractivity contribution in [3.63, 3.8) is 0 Å². The average Bonchev–Trinajstić information content (AvgIpc) is 2.67. The number of benzene rings is 3. The predicted molar refractivity (Wildman–Crippen MR) is 99.3 cm³/mol. The number of hydrogen-bond donors (Lipinski definition) is 1. The van der Waals surface area contributed by atoms with Crippen molar-refractivity contribution in [3.8, 4) is 22.6 Å². The van der Waals surface area contributed by atoms with Gasteiger partial charge < -0.3 is 14.8 Å². The minimum absolute atomic E-state index is 0.764. The van der Waals surface area contributed by atoms with E-state index in [1.165, 1.54) is 33.2 Å². The van der Waals surface area contributed by atoms with Gasteiger partial charge in [0, 0.05) is 17.6 Å². The van der Waals surface area contributed by atoms with E-state index in [-0.39, 0.29) is 0 Å². The van der Waals surface area contributed by atoms with E-state index in [9.17, 15) is 0 Å². The molecule has 0 bridgehead atoms. The molecule has 0 saturated heterocycles. The second-order valence-electron chi connectivity index (χ2n) is 6.10. The Morgan fingerprint density at radius 3 is 2.42 bits per heavy atom. The van der Waals surface area contributed by atoms with Gasteiger partial charge in [-0.3, -0.25) is 0 Å². The van der Waals surface area contributed by atoms with Crippen LogP contribution in [-0.2, 0) is 6.42 Å². The van der Waals surface area contributed by atoms with Crippen molar-refractivity contribution in [2.45, 2.75) is 12.8 Å². The van der Waals surface area contributed by atoms with Gasteiger partial charge in [-0.05, 0) is 53.1 Å². The summed E-state index contributed by atoms with van der Waals surface area (Å²) in [6.07, 6.45) is 2.25. The van der Waals surface area contributed by atoms with Gasteiger partial charge in [0.15, 0.2) is 11.5 Å². The molecule has 0 aliphatic carbocycles. The molecule has 3 aromatic rings. The quantitative estimate of drug-likeness (QED) is 0.746. The number of ether oxygens (including phenoxy) is 2. The van der Waals surface area contributed by atoms with Crippen LogP contribution in [-0.4, -0.2) is 20.8 Å². The van der Waals surface area contributed by atoms with Crippen LogP contribution in [0.3, 0.4) is 0 Å². The van der Waals surface area contributed by atoms with E-state index in [2.05, 4.69) is 53.8 Å². The number of anilines is 1. The molecule has 0 fully saturated rings. The van der Waals surface area contributed by atoms with Crippen molar-refractivity contribution < 1.29 is 9.47 Å². The number of rotatable bonds is 3. The highest BCUT2D eigenvalue weighted by atomic mass is 16.5. The first-order chi connectivity index (χ1) is 11.8. The zero-order valence-electron chi connectivity index (χ0n) is 14.1. The molecule has 0 spiro atoms. The second-order valence-corrected chi connectivity index (χ2v) is 6.10. The van der Waals surface area contributed by atoms with Gasteiger partial charge in [0.25, 0.3) is 0 Å². The fourth-order valence-electron chi connectivity index (χ4n) is 3.59. The van der Waals surface area contributed by atoms with Crippen molar-refractivity contribution in [1.29, 1.82) is 0 Å². The first kappa shape index (κ1) is 14.9. The van der Waals surface area contributed by atoms with Crippen LogP contribution in [0.5, 0.6) is 11.5 Å². The Kier molecular flexibility index (Phi) is 3.77. The van der Waals surface area contributed by atoms with Gasteiger partial charge >= 0.3 is 0 Å². The summed E-state index contributed by atoms with van der Waals surface area (Å²) in [4.78, 5) is 0. The Labute approximate surface area is 142 Å². The SMILES string of the molecule is COc1cc2cc(-c3ccccc3)c3c(c2cc1OC)NCCC3. The summed E-state index contributed by atoms with van der Waals surface area (Å²) < 4.78 is 11.0. The number of methoxy groups -OCH3 is 2. The highest BCUT2D eigenvalue weighted by molar-refractivity contribution is 6.02. The minimum Gasteiger partial charge on any atom is -0.493 e. The van der Waals surface area contributed by atoms with Crippen LogP contribution in [0.15, 0.2) is 48.5 Å². The Morgan fingerprint density at radius 2 is 1.67 bits per heavy atom. The normalized spacial score (nSPS) is 13.2. The lowest BCUT2D eigenvalue weighted by Crippen LogP contribution is -2.13. The van der Waals surface area contributed by atoms with Crippen molar-refractivity contribution in [3.05, 3.63) is 54.1 Å². The highest BCUT2D eigenvalue weighted by Gasteiger charge is 2.19. The fraction of sp³-hybridized carbons (Fsp3) is 0.238. The summed E-state index contributed by atoms with van der Waals surface area (Å²) in [7, 11) is 3.36. The number of fused-ring (bicyclic) bond motifs is 3. The third-order valence-electron chi connectivity index (χ3n) is 4.74. The van der Waals surface area contributed by atoms with E-state index in [1.54, 1.807) is 14.2 Å². The molecule has 1 aliphatic heterocycles. The van der Waals surface area contributed by atoms with Crippen molar-refractivity contribution in [2.24, 2.45) is 0 Å². The second kappa shape index (κ2) is 6.08. The molecular formula is C21H21NO2. The van der Waals surface area contributed by atoms with Gasteiger partial charge in [-0.2, -0.15) is 0 Å². The maximum Gasteiger partial charge on any atom is 0.161 e. The lowest BCUT2D eigenvalue weighted by atomic mass is 9.89. The topological polar surface area (TPSA) is 30.5 Å². The summed E-state index contributed by atoms with van der Waals surface area (Å²) in [6.45, 7) is 1.01. The van der Waals surface area contributed by atoms with E-state index in [0.29, 0.717) is 0 Å². The van der Waals surface area contributed by atoms with Crippen molar-refractivity contribution >= 4 is 16.5 Å². The summed E-state index contributed by atoms with van der Waals surface area (Å²) in [5.41, 5.74) is 5.19. The number of nitrogens with one attached hydrogen (secondary N) is 1. The molecule has 3 heteroatoms. The monoisotopic (exact) mass is 319 g/mol. The van der Waals surface area contributed by atoms with E-state index in [4.69, 9.17) is 9.47 Å². The average molecular weight is 319 g/mol. The molecule has 0 saturated carbocycles. The fourth-order valence-corrected chi connectivity index (χ4v) is 3.59. The Balaban J connectivity index is 2.04. The third-order valence-corrected chi connectivity index (χ3v) is 4.74. The Bertz CT molecular complexity index is 887. The molecule has 3 nitrogen and oxygen atoms in total. The molecule has 1 heterocycles. The molecule has 1 aliphatic rings. The van der Waals surface area contributed by atoms with Crippen LogP contribution in [0.2, 0.25) is 0 Å². The summed E-state index contributed by atoms with van der Waals surface area (Å²) in [6, 6.07) is 17.0. The molecular weight excluding hydrogens is 298 g/mol. The van der Waals surface area contributed by atoms with Gasteiger partial charge in [0.2, 0.25) is 0 Å². The van der Waals surface area contributed by atoms with E-state index in [1.807, 2.05) is 0 Å². The summed E-state index contributed by atoms with van der Waals surface area (Å²) >= 11 is 0. The zero-order chi connectivity index (χ0) is 16.5. The molecule has 24 heavy (non-hydrogen) atoms. The molecule has 0 amide bonds. The van der Waals surface area contributed by atoms with E-state index in [0.717, 1.165) is 30.9 Å². The lowest BCUT2D eigenvalue weighted by Gasteiger charge is -2.24. The number of hydrogen-bond acceptors (Lipinski definition) is 3. The maximum atomic E-state index is 5.50. The first-order valence-corrected chi connectivity index (χ1v) is 8.32. The molecule has 1 N–H and O–H groups in total. The standard InChI is InChI=1S/C21H21NO2/c1-23-19-12-15-11-17(14-7-4-3-5-8-14)16-9-6-10-22-21(16)18(15)13-20(19)24-2/h3-5,7-8,11-13,22H,6,9-10H2,1-2H3. The maximum absolute atomic E-state index is 5.50. The van der Waals surface area contributed by atoms with Gasteiger partial charge in [0.05, 0.1) is 14.2 Å². The molecule has 0 radical (unpaired) electrons. The third kappa shape index (κ3) is 2.37. The molecule has 122 valence electrons. The van der Waals surface area contributed by atoms with Gasteiger partial charge in [-0.1, -0.05) is 30.3 Å². The smallest absolute Gasteiger partial charge is 0.161 e. The minimum atomic E-state index is 0.764. The predicted octanol–water partition coefficient (Wildman–Crippen LogP) is 4.88. The molecule has 0 atom stereocenters. The highest BCUT2D eigenvalue weighted by Crippen LogP contribution is 2.42. The Hall–Kier alpha value is -2.68. The molecule has 0 unspecified atom stereocenters. The zero-order valence-corrected chi connectivity index (χ0v) is 14.1. The van der Waals surface area contributed by atoms with Gasteiger partial charge in [-0.15, -0.1) is 0 Å². The lowest BCUT2D eigenvalue weighted by molar-refractivity contribution is 0.356. The summed E-state index contributed by atoms with van der Waals surface area (Å²) in [5.74, 6) is 1.53. The van der Waals surface area contributed by atoms with Crippen molar-refractivity contribution in [2.75, 3.05) is 26.1 Å². The van der Waals surface area contributed by atoms with Crippen LogP contribution in [0, 0.1) is 0 Å². The van der Waals surface area contributed by atoms with Gasteiger partial charge in [-0.25, -0.2) is 0 Å². The van der Waals surface area contributed by atoms with E-state index < -0.39 is 0 Å². The van der Waals surface area contributed by atoms with Crippen LogP contribution >= 0.6 is 0 Å². The van der Waals surface area contributed by atoms with Crippen LogP contribution < -0.4 is 14.8 Å². The Morgan fingerprint density at radius 1 is 0.917 bits per heavy atom. The first-order valence-electron chi connectivity index (χ1n) is 8.32. The largest absolute Gasteiger partial charge is 0.493 e. The van der Waals surface area contributed by atoms with Crippen molar-refractivity contribution in [1.82, 2.24) is 0 Å². The molecule has 3 aromatic carbocycles. The molecule has 4 rings (SSSR count). The van der Waals surface area contributed by atoms with Crippen LogP contribution in [0.25, 0.3) is 21.9 Å². The van der Waals surface area contributed by atoms with Crippen LogP contribution in [0.1, 0.15) is 12.0 Å². The molecule has 0 aromatic heterocycles. The summed E-state index contributed by atoms with van der Waals surface area (Å²) in [5, 5.41) is 5.97. The van der Waals surface area contributed by atoms with E-state index >= 15 is 0 Å². The van der Waals surface area contributed by atoms with Crippen LogP contribution in [0.4, 0.5) is 5.69 Å². The van der Waals surface area contributed by atoms with Gasteiger partial charge in [0.1, 0.15) is 0 Å².